The monoisotopic (exact) mass is 449 g/mol. The average Bonchev–Trinajstić information content (AvgIpc) is 3.15. The zero-order chi connectivity index (χ0) is 23.7. The summed E-state index contributed by atoms with van der Waals surface area (Å²) in [5.41, 5.74) is 5.02. The largest absolute Gasteiger partial charge is 0.350 e. The molecule has 1 amide bonds. The van der Waals surface area contributed by atoms with Crippen LogP contribution in [0.5, 0.6) is 0 Å². The number of fused-ring (bicyclic) bond motifs is 2. The van der Waals surface area contributed by atoms with Gasteiger partial charge in [0.25, 0.3) is 0 Å². The lowest BCUT2D eigenvalue weighted by Crippen LogP contribution is -2.48. The first-order chi connectivity index (χ1) is 15.8. The van der Waals surface area contributed by atoms with Crippen molar-refractivity contribution in [1.82, 2.24) is 14.4 Å². The zero-order valence-electron chi connectivity index (χ0n) is 20.3. The molecule has 2 atom stereocenters. The van der Waals surface area contributed by atoms with E-state index in [4.69, 9.17) is 0 Å². The van der Waals surface area contributed by atoms with E-state index >= 15 is 0 Å². The van der Waals surface area contributed by atoms with Crippen molar-refractivity contribution in [3.8, 4) is 0 Å². The van der Waals surface area contributed by atoms with E-state index in [9.17, 15) is 14.4 Å². The molecule has 0 unspecified atom stereocenters. The molecule has 2 heterocycles. The predicted molar refractivity (Wildman–Crippen MR) is 131 cm³/mol. The summed E-state index contributed by atoms with van der Waals surface area (Å²) >= 11 is 0. The first kappa shape index (κ1) is 23.4. The highest BCUT2D eigenvalue weighted by Gasteiger charge is 2.37. The number of Topliss-reactive ketones (excluding diaryl/α,β-unsaturated/α-hetero) is 2. The fraction of sp³-hybridized carbons (Fsp3) is 0.519. The van der Waals surface area contributed by atoms with Gasteiger partial charge in [-0.25, -0.2) is 0 Å². The molecular weight excluding hydrogens is 414 g/mol. The van der Waals surface area contributed by atoms with Crippen molar-refractivity contribution >= 4 is 33.9 Å². The Bertz CT molecular complexity index is 1090. The van der Waals surface area contributed by atoms with Crippen LogP contribution < -0.4 is 0 Å². The molecule has 1 aromatic heterocycles. The number of ketones is 2. The lowest BCUT2D eigenvalue weighted by Gasteiger charge is -2.40. The minimum atomic E-state index is -0.282. The SMILES string of the molecule is CCC(=O)CCN(CCC(=O)CC)C(=O)[C@@H]1C=C2c3cccc4c3c(cn4C)C[C@H]2N(C)C1. The molecular formula is C27H35N3O3. The van der Waals surface area contributed by atoms with E-state index in [0.29, 0.717) is 45.3 Å². The molecule has 4 rings (SSSR count). The number of nitrogens with zero attached hydrogens (tertiary/aromatic N) is 3. The Hall–Kier alpha value is -2.73. The van der Waals surface area contributed by atoms with Crippen LogP contribution in [0.3, 0.4) is 0 Å². The topological polar surface area (TPSA) is 62.6 Å². The molecule has 0 radical (unpaired) electrons. The highest BCUT2D eigenvalue weighted by atomic mass is 16.2. The highest BCUT2D eigenvalue weighted by molar-refractivity contribution is 5.99. The fourth-order valence-corrected chi connectivity index (χ4v) is 5.32. The number of aryl methyl sites for hydroxylation is 1. The van der Waals surface area contributed by atoms with Gasteiger partial charge >= 0.3 is 0 Å². The van der Waals surface area contributed by atoms with Gasteiger partial charge in [-0.3, -0.25) is 19.3 Å². The molecule has 1 aliphatic heterocycles. The van der Waals surface area contributed by atoms with Crippen LogP contribution in [0.1, 0.15) is 50.7 Å². The van der Waals surface area contributed by atoms with Crippen molar-refractivity contribution in [2.75, 3.05) is 26.7 Å². The number of hydrogen-bond donors (Lipinski definition) is 0. The Morgan fingerprint density at radius 2 is 1.70 bits per heavy atom. The van der Waals surface area contributed by atoms with Crippen LogP contribution in [0, 0.1) is 5.92 Å². The summed E-state index contributed by atoms with van der Waals surface area (Å²) in [6, 6.07) is 6.67. The van der Waals surface area contributed by atoms with E-state index in [2.05, 4.69) is 54.0 Å². The molecule has 0 saturated carbocycles. The summed E-state index contributed by atoms with van der Waals surface area (Å²) in [6.45, 7) is 5.10. The van der Waals surface area contributed by atoms with Crippen molar-refractivity contribution in [2.45, 2.75) is 52.0 Å². The molecule has 6 heteroatoms. The Balaban J connectivity index is 1.64. The van der Waals surface area contributed by atoms with Gasteiger partial charge in [-0.15, -0.1) is 0 Å². The highest BCUT2D eigenvalue weighted by Crippen LogP contribution is 2.41. The van der Waals surface area contributed by atoms with Crippen molar-refractivity contribution in [1.29, 1.82) is 0 Å². The normalized spacial score (nSPS) is 19.8. The van der Waals surface area contributed by atoms with Crippen molar-refractivity contribution in [3.63, 3.8) is 0 Å². The van der Waals surface area contributed by atoms with Gasteiger partial charge in [0, 0.05) is 75.5 Å². The smallest absolute Gasteiger partial charge is 0.230 e. The Kier molecular flexibility index (Phi) is 6.84. The number of carbonyl (C=O) groups excluding carboxylic acids is 3. The Labute approximate surface area is 196 Å². The number of likely N-dealkylation sites (N-methyl/N-ethyl adjacent to an activating group) is 1. The first-order valence-electron chi connectivity index (χ1n) is 12.1. The van der Waals surface area contributed by atoms with E-state index in [1.807, 2.05) is 13.8 Å². The second-order valence-corrected chi connectivity index (χ2v) is 9.46. The summed E-state index contributed by atoms with van der Waals surface area (Å²) in [6.07, 6.45) is 6.96. The summed E-state index contributed by atoms with van der Waals surface area (Å²) in [7, 11) is 4.18. The van der Waals surface area contributed by atoms with Crippen LogP contribution in [0.2, 0.25) is 0 Å². The van der Waals surface area contributed by atoms with Crippen LogP contribution in [0.15, 0.2) is 30.5 Å². The van der Waals surface area contributed by atoms with Gasteiger partial charge in [-0.05, 0) is 36.2 Å². The summed E-state index contributed by atoms with van der Waals surface area (Å²) in [5, 5.41) is 1.29. The minimum absolute atomic E-state index is 0.0200. The third-order valence-electron chi connectivity index (χ3n) is 7.31. The first-order valence-corrected chi connectivity index (χ1v) is 12.1. The van der Waals surface area contributed by atoms with Crippen LogP contribution in [0.4, 0.5) is 0 Å². The van der Waals surface area contributed by atoms with Gasteiger partial charge in [0.2, 0.25) is 5.91 Å². The average molecular weight is 450 g/mol. The molecule has 33 heavy (non-hydrogen) atoms. The van der Waals surface area contributed by atoms with Gasteiger partial charge in [-0.1, -0.05) is 32.1 Å². The third kappa shape index (κ3) is 4.54. The van der Waals surface area contributed by atoms with E-state index in [1.54, 1.807) is 4.90 Å². The van der Waals surface area contributed by atoms with Crippen molar-refractivity contribution in [3.05, 3.63) is 41.6 Å². The Morgan fingerprint density at radius 1 is 1.03 bits per heavy atom. The molecule has 1 aliphatic carbocycles. The van der Waals surface area contributed by atoms with E-state index < -0.39 is 0 Å². The number of carbonyl (C=O) groups is 3. The Morgan fingerprint density at radius 3 is 2.33 bits per heavy atom. The van der Waals surface area contributed by atoms with Crippen molar-refractivity contribution < 1.29 is 14.4 Å². The number of aromatic nitrogens is 1. The zero-order valence-corrected chi connectivity index (χ0v) is 20.3. The summed E-state index contributed by atoms with van der Waals surface area (Å²) in [4.78, 5) is 41.6. The second-order valence-electron chi connectivity index (χ2n) is 9.46. The summed E-state index contributed by atoms with van der Waals surface area (Å²) < 4.78 is 2.19. The van der Waals surface area contributed by atoms with Crippen LogP contribution in [-0.2, 0) is 27.9 Å². The van der Waals surface area contributed by atoms with Crippen molar-refractivity contribution in [2.24, 2.45) is 13.0 Å². The molecule has 2 aliphatic rings. The van der Waals surface area contributed by atoms with Gasteiger partial charge in [0.05, 0.1) is 5.92 Å². The van der Waals surface area contributed by atoms with Crippen LogP contribution in [-0.4, -0.2) is 64.6 Å². The van der Waals surface area contributed by atoms with E-state index in [1.165, 1.54) is 27.6 Å². The molecule has 6 nitrogen and oxygen atoms in total. The maximum absolute atomic E-state index is 13.6. The second kappa shape index (κ2) is 9.64. The quantitative estimate of drug-likeness (QED) is 0.587. The lowest BCUT2D eigenvalue weighted by molar-refractivity contribution is -0.135. The van der Waals surface area contributed by atoms with Gasteiger partial charge in [-0.2, -0.15) is 0 Å². The maximum atomic E-state index is 13.6. The standard InChI is InChI=1S/C27H35N3O3/c1-5-20(31)10-12-30(13-11-21(32)6-2)27(33)19-14-23-22-8-7-9-24-26(22)18(16-28(24)3)15-25(23)29(4)17-19/h7-9,14,16,19,25H,5-6,10-13,15,17H2,1-4H3/t19-,25-/m1/s1. The molecule has 0 bridgehead atoms. The third-order valence-corrected chi connectivity index (χ3v) is 7.31. The molecule has 0 fully saturated rings. The maximum Gasteiger partial charge on any atom is 0.230 e. The predicted octanol–water partition coefficient (Wildman–Crippen LogP) is 3.62. The minimum Gasteiger partial charge on any atom is -0.350 e. The number of hydrogen-bond acceptors (Lipinski definition) is 4. The number of rotatable bonds is 9. The molecule has 1 aromatic carbocycles. The van der Waals surface area contributed by atoms with Crippen LogP contribution in [0.25, 0.3) is 16.5 Å². The van der Waals surface area contributed by atoms with E-state index in [0.717, 1.165) is 6.42 Å². The molecule has 2 aromatic rings. The molecule has 0 saturated heterocycles. The van der Waals surface area contributed by atoms with E-state index in [-0.39, 0.29) is 29.4 Å². The molecule has 0 N–H and O–H groups in total. The van der Waals surface area contributed by atoms with Crippen LogP contribution >= 0.6 is 0 Å². The lowest BCUT2D eigenvalue weighted by atomic mass is 9.79. The molecule has 0 spiro atoms. The number of benzene rings is 1. The van der Waals surface area contributed by atoms with Gasteiger partial charge in [0.15, 0.2) is 0 Å². The summed E-state index contributed by atoms with van der Waals surface area (Å²) in [5.74, 6) is 0.0237. The molecule has 176 valence electrons. The number of amides is 1. The fourth-order valence-electron chi connectivity index (χ4n) is 5.32. The van der Waals surface area contributed by atoms with Gasteiger partial charge < -0.3 is 9.47 Å². The van der Waals surface area contributed by atoms with Gasteiger partial charge in [0.1, 0.15) is 11.6 Å².